The third kappa shape index (κ3) is 5.52. The maximum absolute atomic E-state index is 12.0. The van der Waals surface area contributed by atoms with Crippen molar-refractivity contribution in [1.82, 2.24) is 10.6 Å². The highest BCUT2D eigenvalue weighted by Gasteiger charge is 2.29. The van der Waals surface area contributed by atoms with E-state index in [4.69, 9.17) is 0 Å². The van der Waals surface area contributed by atoms with E-state index in [1.165, 1.54) is 19.3 Å². The van der Waals surface area contributed by atoms with Gasteiger partial charge in [-0.2, -0.15) is 0 Å². The van der Waals surface area contributed by atoms with Crippen LogP contribution in [0.1, 0.15) is 60.3 Å². The minimum Gasteiger partial charge on any atom is -0.355 e. The average molecular weight is 268 g/mol. The Morgan fingerprint density at radius 2 is 1.89 bits per heavy atom. The molecular formula is C16H32N2O. The second-order valence-electron chi connectivity index (χ2n) is 6.74. The van der Waals surface area contributed by atoms with Gasteiger partial charge in [0, 0.05) is 12.6 Å². The second-order valence-corrected chi connectivity index (χ2v) is 6.74. The third-order valence-electron chi connectivity index (χ3n) is 4.59. The lowest BCUT2D eigenvalue weighted by Gasteiger charge is -2.36. The van der Waals surface area contributed by atoms with E-state index in [0.29, 0.717) is 17.9 Å². The summed E-state index contributed by atoms with van der Waals surface area (Å²) >= 11 is 0. The molecule has 4 atom stereocenters. The van der Waals surface area contributed by atoms with Gasteiger partial charge in [-0.15, -0.1) is 0 Å². The number of hydrogen-bond acceptors (Lipinski definition) is 2. The molecule has 0 heterocycles. The molecule has 1 fully saturated rings. The van der Waals surface area contributed by atoms with Crippen LogP contribution < -0.4 is 10.6 Å². The monoisotopic (exact) mass is 268 g/mol. The van der Waals surface area contributed by atoms with Gasteiger partial charge in [0.05, 0.1) is 6.04 Å². The van der Waals surface area contributed by atoms with E-state index in [9.17, 15) is 4.79 Å². The lowest BCUT2D eigenvalue weighted by molar-refractivity contribution is -0.123. The zero-order chi connectivity index (χ0) is 14.4. The Morgan fingerprint density at radius 1 is 1.21 bits per heavy atom. The molecule has 0 saturated heterocycles. The van der Waals surface area contributed by atoms with Gasteiger partial charge in [-0.3, -0.25) is 4.79 Å². The van der Waals surface area contributed by atoms with Gasteiger partial charge < -0.3 is 10.6 Å². The van der Waals surface area contributed by atoms with Crippen LogP contribution in [0.5, 0.6) is 0 Å². The maximum Gasteiger partial charge on any atom is 0.236 e. The van der Waals surface area contributed by atoms with Gasteiger partial charge in [0.1, 0.15) is 0 Å². The molecule has 0 spiro atoms. The van der Waals surface area contributed by atoms with Gasteiger partial charge in [0.25, 0.3) is 0 Å². The van der Waals surface area contributed by atoms with E-state index in [2.05, 4.69) is 38.3 Å². The number of rotatable bonds is 6. The predicted molar refractivity (Wildman–Crippen MR) is 81.0 cm³/mol. The number of nitrogens with one attached hydrogen (secondary N) is 2. The molecule has 1 amide bonds. The summed E-state index contributed by atoms with van der Waals surface area (Å²) in [6.07, 6.45) is 4.86. The lowest BCUT2D eigenvalue weighted by atomic mass is 9.78. The van der Waals surface area contributed by atoms with Crippen molar-refractivity contribution >= 4 is 5.91 Å². The Hall–Kier alpha value is -0.570. The fraction of sp³-hybridized carbons (Fsp3) is 0.938. The molecule has 3 nitrogen and oxygen atoms in total. The first-order valence-electron chi connectivity index (χ1n) is 7.95. The highest BCUT2D eigenvalue weighted by atomic mass is 16.2. The van der Waals surface area contributed by atoms with Crippen molar-refractivity contribution in [2.45, 2.75) is 72.4 Å². The zero-order valence-electron chi connectivity index (χ0n) is 13.3. The molecule has 0 radical (unpaired) electrons. The molecule has 0 aromatic carbocycles. The Morgan fingerprint density at radius 3 is 2.53 bits per heavy atom. The molecule has 112 valence electrons. The normalized spacial score (nSPS) is 29.3. The van der Waals surface area contributed by atoms with Crippen LogP contribution in [0.25, 0.3) is 0 Å². The largest absolute Gasteiger partial charge is 0.355 e. The first-order valence-corrected chi connectivity index (χ1v) is 7.95. The number of carbonyl (C=O) groups is 1. The van der Waals surface area contributed by atoms with Crippen molar-refractivity contribution in [3.05, 3.63) is 0 Å². The molecule has 1 saturated carbocycles. The smallest absolute Gasteiger partial charge is 0.236 e. The summed E-state index contributed by atoms with van der Waals surface area (Å²) in [4.78, 5) is 12.0. The first kappa shape index (κ1) is 16.5. The molecule has 1 aliphatic rings. The highest BCUT2D eigenvalue weighted by molar-refractivity contribution is 5.81. The second kappa shape index (κ2) is 7.88. The molecule has 19 heavy (non-hydrogen) atoms. The fourth-order valence-corrected chi connectivity index (χ4v) is 2.85. The summed E-state index contributed by atoms with van der Waals surface area (Å²) in [6.45, 7) is 11.8. The van der Waals surface area contributed by atoms with Crippen LogP contribution in [-0.4, -0.2) is 24.5 Å². The third-order valence-corrected chi connectivity index (χ3v) is 4.59. The Labute approximate surface area is 118 Å². The topological polar surface area (TPSA) is 41.1 Å². The zero-order valence-corrected chi connectivity index (χ0v) is 13.3. The molecule has 3 heteroatoms. The van der Waals surface area contributed by atoms with Gasteiger partial charge in [0.2, 0.25) is 5.91 Å². The van der Waals surface area contributed by atoms with Crippen molar-refractivity contribution in [2.24, 2.45) is 17.8 Å². The Balaban J connectivity index is 2.32. The fourth-order valence-electron chi connectivity index (χ4n) is 2.85. The molecular weight excluding hydrogens is 236 g/mol. The molecule has 0 bridgehead atoms. The maximum atomic E-state index is 12.0. The van der Waals surface area contributed by atoms with Gasteiger partial charge in [-0.05, 0) is 37.5 Å². The first-order chi connectivity index (χ1) is 8.91. The summed E-state index contributed by atoms with van der Waals surface area (Å²) in [5.74, 6) is 2.22. The van der Waals surface area contributed by atoms with Gasteiger partial charge in [-0.25, -0.2) is 0 Å². The number of amides is 1. The summed E-state index contributed by atoms with van der Waals surface area (Å²) in [6, 6.07) is 0.416. The van der Waals surface area contributed by atoms with E-state index in [1.54, 1.807) is 0 Å². The standard InChI is InChI=1S/C16H32N2O/c1-11(2)9-10-17-16(19)14(5)18-15-8-6-7-12(3)13(15)4/h11-15,18H,6-10H2,1-5H3,(H,17,19). The highest BCUT2D eigenvalue weighted by Crippen LogP contribution is 2.29. The average Bonchev–Trinajstić information content (AvgIpc) is 2.34. The van der Waals surface area contributed by atoms with Crippen LogP contribution in [0.3, 0.4) is 0 Å². The molecule has 2 N–H and O–H groups in total. The summed E-state index contributed by atoms with van der Waals surface area (Å²) < 4.78 is 0. The van der Waals surface area contributed by atoms with E-state index in [0.717, 1.165) is 18.9 Å². The van der Waals surface area contributed by atoms with E-state index in [-0.39, 0.29) is 11.9 Å². The van der Waals surface area contributed by atoms with Crippen LogP contribution in [0.4, 0.5) is 0 Å². The van der Waals surface area contributed by atoms with Gasteiger partial charge >= 0.3 is 0 Å². The van der Waals surface area contributed by atoms with Gasteiger partial charge in [-0.1, -0.05) is 40.5 Å². The number of carbonyl (C=O) groups excluding carboxylic acids is 1. The molecule has 0 aromatic heterocycles. The molecule has 0 aromatic rings. The van der Waals surface area contributed by atoms with Crippen LogP contribution >= 0.6 is 0 Å². The summed E-state index contributed by atoms with van der Waals surface area (Å²) in [7, 11) is 0. The Bertz CT molecular complexity index is 278. The predicted octanol–water partition coefficient (Wildman–Crippen LogP) is 2.95. The minimum absolute atomic E-state index is 0.0788. The quantitative estimate of drug-likeness (QED) is 0.777. The van der Waals surface area contributed by atoms with Crippen molar-refractivity contribution < 1.29 is 4.79 Å². The number of hydrogen-bond donors (Lipinski definition) is 2. The van der Waals surface area contributed by atoms with Crippen LogP contribution in [-0.2, 0) is 4.79 Å². The van der Waals surface area contributed by atoms with E-state index >= 15 is 0 Å². The van der Waals surface area contributed by atoms with E-state index in [1.807, 2.05) is 6.92 Å². The van der Waals surface area contributed by atoms with Crippen LogP contribution in [0.2, 0.25) is 0 Å². The van der Waals surface area contributed by atoms with E-state index < -0.39 is 0 Å². The van der Waals surface area contributed by atoms with Gasteiger partial charge in [0.15, 0.2) is 0 Å². The summed E-state index contributed by atoms with van der Waals surface area (Å²) in [5, 5.41) is 6.55. The minimum atomic E-state index is -0.0788. The molecule has 1 rings (SSSR count). The SMILES string of the molecule is CC(C)CCNC(=O)C(C)NC1CCCC(C)C1C. The lowest BCUT2D eigenvalue weighted by Crippen LogP contribution is -2.50. The summed E-state index contributed by atoms with van der Waals surface area (Å²) in [5.41, 5.74) is 0. The van der Waals surface area contributed by atoms with Crippen LogP contribution in [0.15, 0.2) is 0 Å². The molecule has 4 unspecified atom stereocenters. The van der Waals surface area contributed by atoms with Crippen molar-refractivity contribution in [2.75, 3.05) is 6.54 Å². The van der Waals surface area contributed by atoms with Crippen LogP contribution in [0, 0.1) is 17.8 Å². The van der Waals surface area contributed by atoms with Crippen molar-refractivity contribution in [3.63, 3.8) is 0 Å². The van der Waals surface area contributed by atoms with Crippen molar-refractivity contribution in [1.29, 1.82) is 0 Å². The Kier molecular flexibility index (Phi) is 6.84. The molecule has 1 aliphatic carbocycles. The molecule has 0 aliphatic heterocycles. The van der Waals surface area contributed by atoms with Crippen molar-refractivity contribution in [3.8, 4) is 0 Å².